The van der Waals surface area contributed by atoms with E-state index in [4.69, 9.17) is 0 Å². The van der Waals surface area contributed by atoms with Gasteiger partial charge in [0.25, 0.3) is 0 Å². The van der Waals surface area contributed by atoms with Gasteiger partial charge in [0.05, 0.1) is 0 Å². The Bertz CT molecular complexity index is 659. The lowest BCUT2D eigenvalue weighted by Crippen LogP contribution is -2.28. The number of nitrogens with one attached hydrogen (secondary N) is 2. The molecule has 1 unspecified atom stereocenters. The molecule has 24 heavy (non-hydrogen) atoms. The number of anilines is 2. The number of aromatic hydroxyl groups is 1. The van der Waals surface area contributed by atoms with E-state index in [-0.39, 0.29) is 5.75 Å². The Morgan fingerprint density at radius 1 is 1.38 bits per heavy atom. The third-order valence-corrected chi connectivity index (χ3v) is 4.20. The van der Waals surface area contributed by atoms with Crippen LogP contribution in [0.4, 0.5) is 11.9 Å². The Morgan fingerprint density at radius 3 is 3.08 bits per heavy atom. The second-order valence-corrected chi connectivity index (χ2v) is 6.20. The standard InChI is InChI=1S/C17H24N6O/c1-23(11-14-5-7-18-10-14)17-21-12-20-16(22-17)19-8-6-13-3-2-4-15(24)9-13/h2-4,9,12,14,18,24H,5-8,10-11H2,1H3,(H,19,20,21,22). The average molecular weight is 328 g/mol. The van der Waals surface area contributed by atoms with Gasteiger partial charge in [-0.3, -0.25) is 0 Å². The van der Waals surface area contributed by atoms with Gasteiger partial charge in [-0.25, -0.2) is 9.97 Å². The van der Waals surface area contributed by atoms with Gasteiger partial charge in [-0.2, -0.15) is 4.98 Å². The summed E-state index contributed by atoms with van der Waals surface area (Å²) in [5.41, 5.74) is 1.07. The molecule has 1 atom stereocenters. The van der Waals surface area contributed by atoms with Gasteiger partial charge in [0.2, 0.25) is 11.9 Å². The minimum absolute atomic E-state index is 0.290. The molecule has 1 aromatic heterocycles. The number of phenols is 1. The van der Waals surface area contributed by atoms with Crippen molar-refractivity contribution in [3.05, 3.63) is 36.2 Å². The van der Waals surface area contributed by atoms with E-state index in [0.717, 1.165) is 31.6 Å². The summed E-state index contributed by atoms with van der Waals surface area (Å²) in [4.78, 5) is 15.0. The number of nitrogens with zero attached hydrogens (tertiary/aromatic N) is 4. The number of hydrogen-bond donors (Lipinski definition) is 3. The van der Waals surface area contributed by atoms with Crippen LogP contribution in [0.5, 0.6) is 5.75 Å². The number of rotatable bonds is 7. The Hall–Kier alpha value is -2.41. The predicted octanol–water partition coefficient (Wildman–Crippen LogP) is 1.28. The zero-order chi connectivity index (χ0) is 16.8. The van der Waals surface area contributed by atoms with Gasteiger partial charge < -0.3 is 20.6 Å². The van der Waals surface area contributed by atoms with Gasteiger partial charge in [0, 0.05) is 20.1 Å². The minimum Gasteiger partial charge on any atom is -0.508 e. The highest BCUT2D eigenvalue weighted by Gasteiger charge is 2.17. The highest BCUT2D eigenvalue weighted by atomic mass is 16.3. The summed E-state index contributed by atoms with van der Waals surface area (Å²) in [5.74, 6) is 2.21. The van der Waals surface area contributed by atoms with Gasteiger partial charge in [0.15, 0.2) is 0 Å². The molecule has 0 amide bonds. The fourth-order valence-corrected chi connectivity index (χ4v) is 2.93. The van der Waals surface area contributed by atoms with E-state index in [0.29, 0.717) is 24.4 Å². The van der Waals surface area contributed by atoms with Crippen LogP contribution in [0.1, 0.15) is 12.0 Å². The fourth-order valence-electron chi connectivity index (χ4n) is 2.93. The van der Waals surface area contributed by atoms with E-state index >= 15 is 0 Å². The molecule has 1 saturated heterocycles. The van der Waals surface area contributed by atoms with Crippen molar-refractivity contribution in [3.8, 4) is 5.75 Å². The highest BCUT2D eigenvalue weighted by molar-refractivity contribution is 5.35. The first kappa shape index (κ1) is 16.4. The van der Waals surface area contributed by atoms with E-state index in [1.807, 2.05) is 19.2 Å². The van der Waals surface area contributed by atoms with E-state index < -0.39 is 0 Å². The normalized spacial score (nSPS) is 17.0. The molecule has 2 heterocycles. The van der Waals surface area contributed by atoms with E-state index in [2.05, 4.69) is 30.5 Å². The summed E-state index contributed by atoms with van der Waals surface area (Å²) >= 11 is 0. The molecule has 0 spiro atoms. The van der Waals surface area contributed by atoms with Crippen LogP contribution in [0.15, 0.2) is 30.6 Å². The zero-order valence-corrected chi connectivity index (χ0v) is 13.9. The third kappa shape index (κ3) is 4.55. The van der Waals surface area contributed by atoms with Crippen molar-refractivity contribution in [1.29, 1.82) is 0 Å². The molecule has 0 aliphatic carbocycles. The van der Waals surface area contributed by atoms with Crippen molar-refractivity contribution in [2.24, 2.45) is 5.92 Å². The first-order valence-electron chi connectivity index (χ1n) is 8.33. The van der Waals surface area contributed by atoms with Crippen molar-refractivity contribution < 1.29 is 5.11 Å². The lowest BCUT2D eigenvalue weighted by Gasteiger charge is -2.20. The molecule has 2 aromatic rings. The van der Waals surface area contributed by atoms with Crippen molar-refractivity contribution >= 4 is 11.9 Å². The molecule has 1 aliphatic rings. The molecule has 3 rings (SSSR count). The summed E-state index contributed by atoms with van der Waals surface area (Å²) < 4.78 is 0. The topological polar surface area (TPSA) is 86.2 Å². The molecule has 0 bridgehead atoms. The Morgan fingerprint density at radius 2 is 2.29 bits per heavy atom. The first-order chi connectivity index (χ1) is 11.7. The predicted molar refractivity (Wildman–Crippen MR) is 94.4 cm³/mol. The monoisotopic (exact) mass is 328 g/mol. The molecule has 1 fully saturated rings. The molecular weight excluding hydrogens is 304 g/mol. The number of phenolic OH excluding ortho intramolecular Hbond substituents is 1. The first-order valence-corrected chi connectivity index (χ1v) is 8.33. The van der Waals surface area contributed by atoms with Gasteiger partial charge in [-0.1, -0.05) is 12.1 Å². The Labute approximate surface area is 142 Å². The van der Waals surface area contributed by atoms with Crippen LogP contribution >= 0.6 is 0 Å². The van der Waals surface area contributed by atoms with Crippen LogP contribution in [-0.4, -0.2) is 53.3 Å². The van der Waals surface area contributed by atoms with Gasteiger partial charge in [0.1, 0.15) is 12.1 Å². The van der Waals surface area contributed by atoms with Crippen LogP contribution in [-0.2, 0) is 6.42 Å². The van der Waals surface area contributed by atoms with Crippen molar-refractivity contribution in [2.45, 2.75) is 12.8 Å². The summed E-state index contributed by atoms with van der Waals surface area (Å²) in [6, 6.07) is 7.27. The number of hydrogen-bond acceptors (Lipinski definition) is 7. The molecule has 0 radical (unpaired) electrons. The molecule has 7 nitrogen and oxygen atoms in total. The second-order valence-electron chi connectivity index (χ2n) is 6.20. The Kier molecular flexibility index (Phi) is 5.43. The van der Waals surface area contributed by atoms with Crippen molar-refractivity contribution in [1.82, 2.24) is 20.3 Å². The molecule has 128 valence electrons. The average Bonchev–Trinajstić information content (AvgIpc) is 3.08. The van der Waals surface area contributed by atoms with E-state index in [1.165, 1.54) is 6.42 Å². The van der Waals surface area contributed by atoms with Crippen LogP contribution in [0.3, 0.4) is 0 Å². The zero-order valence-electron chi connectivity index (χ0n) is 13.9. The maximum Gasteiger partial charge on any atom is 0.229 e. The maximum atomic E-state index is 9.48. The Balaban J connectivity index is 1.52. The SMILES string of the molecule is CN(CC1CCNC1)c1ncnc(NCCc2cccc(O)c2)n1. The molecule has 7 heteroatoms. The largest absolute Gasteiger partial charge is 0.508 e. The lowest BCUT2D eigenvalue weighted by molar-refractivity contribution is 0.474. The molecular formula is C17H24N6O. The lowest BCUT2D eigenvalue weighted by atomic mass is 10.1. The third-order valence-electron chi connectivity index (χ3n) is 4.20. The van der Waals surface area contributed by atoms with Crippen LogP contribution in [0.2, 0.25) is 0 Å². The summed E-state index contributed by atoms with van der Waals surface area (Å²) in [7, 11) is 2.02. The summed E-state index contributed by atoms with van der Waals surface area (Å²) in [6.45, 7) is 3.80. The number of aromatic nitrogens is 3. The van der Waals surface area contributed by atoms with E-state index in [9.17, 15) is 5.11 Å². The van der Waals surface area contributed by atoms with Crippen molar-refractivity contribution in [3.63, 3.8) is 0 Å². The summed E-state index contributed by atoms with van der Waals surface area (Å²) in [6.07, 6.45) is 3.53. The maximum absolute atomic E-state index is 9.48. The van der Waals surface area contributed by atoms with Crippen LogP contribution in [0.25, 0.3) is 0 Å². The van der Waals surface area contributed by atoms with Crippen LogP contribution in [0, 0.1) is 5.92 Å². The number of benzene rings is 1. The van der Waals surface area contributed by atoms with Gasteiger partial charge >= 0.3 is 0 Å². The molecule has 1 aromatic carbocycles. The quantitative estimate of drug-likeness (QED) is 0.706. The van der Waals surface area contributed by atoms with Gasteiger partial charge in [-0.15, -0.1) is 0 Å². The second kappa shape index (κ2) is 7.92. The minimum atomic E-state index is 0.290. The molecule has 0 saturated carbocycles. The summed E-state index contributed by atoms with van der Waals surface area (Å²) in [5, 5.41) is 16.1. The van der Waals surface area contributed by atoms with E-state index in [1.54, 1.807) is 18.5 Å². The molecule has 1 aliphatic heterocycles. The van der Waals surface area contributed by atoms with Crippen LogP contribution < -0.4 is 15.5 Å². The highest BCUT2D eigenvalue weighted by Crippen LogP contribution is 2.14. The van der Waals surface area contributed by atoms with Crippen molar-refractivity contribution in [2.75, 3.05) is 43.4 Å². The fraction of sp³-hybridized carbons (Fsp3) is 0.471. The smallest absolute Gasteiger partial charge is 0.229 e. The van der Waals surface area contributed by atoms with Gasteiger partial charge in [-0.05, 0) is 49.5 Å². The molecule has 3 N–H and O–H groups in total.